The maximum Gasteiger partial charge on any atom is 0.409 e. The largest absolute Gasteiger partial charge is 0.453 e. The van der Waals surface area contributed by atoms with E-state index in [0.29, 0.717) is 29.6 Å². The molecule has 2 saturated heterocycles. The molecule has 2 aliphatic heterocycles. The second-order valence-electron chi connectivity index (χ2n) is 7.95. The minimum Gasteiger partial charge on any atom is -0.453 e. The Balaban J connectivity index is 1.68. The van der Waals surface area contributed by atoms with Gasteiger partial charge in [-0.2, -0.15) is 0 Å². The van der Waals surface area contributed by atoms with Crippen molar-refractivity contribution >= 4 is 35.2 Å². The van der Waals surface area contributed by atoms with Crippen LogP contribution >= 0.6 is 23.2 Å². The van der Waals surface area contributed by atoms with E-state index in [-0.39, 0.29) is 36.4 Å². The zero-order valence-corrected chi connectivity index (χ0v) is 18.5. The summed E-state index contributed by atoms with van der Waals surface area (Å²) in [6, 6.07) is 5.55. The summed E-state index contributed by atoms with van der Waals surface area (Å²) in [6.45, 7) is 5.50. The van der Waals surface area contributed by atoms with Gasteiger partial charge < -0.3 is 19.9 Å². The third-order valence-corrected chi connectivity index (χ3v) is 6.86. The molecule has 2 unspecified atom stereocenters. The molecule has 2 fully saturated rings. The molecule has 0 aliphatic carbocycles. The van der Waals surface area contributed by atoms with Crippen molar-refractivity contribution in [3.63, 3.8) is 0 Å². The number of rotatable bonds is 5. The summed E-state index contributed by atoms with van der Waals surface area (Å²) in [5, 5.41) is 4.14. The van der Waals surface area contributed by atoms with Crippen LogP contribution in [0.1, 0.15) is 31.7 Å². The molecule has 1 aromatic carbocycles. The van der Waals surface area contributed by atoms with Crippen molar-refractivity contribution in [2.75, 3.05) is 33.3 Å². The van der Waals surface area contributed by atoms with Crippen LogP contribution in [0.25, 0.3) is 0 Å². The van der Waals surface area contributed by atoms with Crippen molar-refractivity contribution < 1.29 is 14.3 Å². The minimum absolute atomic E-state index is 0.0155. The van der Waals surface area contributed by atoms with E-state index in [1.54, 1.807) is 17.0 Å². The molecule has 3 rings (SSSR count). The van der Waals surface area contributed by atoms with Gasteiger partial charge in [0.2, 0.25) is 5.91 Å². The van der Waals surface area contributed by atoms with Gasteiger partial charge in [0.1, 0.15) is 0 Å². The van der Waals surface area contributed by atoms with Gasteiger partial charge in [-0.1, -0.05) is 29.3 Å². The smallest absolute Gasteiger partial charge is 0.409 e. The highest BCUT2D eigenvalue weighted by molar-refractivity contribution is 6.42. The van der Waals surface area contributed by atoms with Crippen LogP contribution in [0, 0.1) is 5.92 Å². The highest BCUT2D eigenvalue weighted by Gasteiger charge is 2.38. The van der Waals surface area contributed by atoms with Gasteiger partial charge in [-0.25, -0.2) is 4.79 Å². The number of nitrogens with one attached hydrogen (secondary N) is 1. The normalized spacial score (nSPS) is 23.7. The van der Waals surface area contributed by atoms with Crippen molar-refractivity contribution in [3.05, 3.63) is 33.8 Å². The molecule has 0 radical (unpaired) electrons. The number of piperidine rings is 1. The number of halogens is 2. The van der Waals surface area contributed by atoms with Gasteiger partial charge in [0.05, 0.1) is 23.6 Å². The number of methoxy groups -OCH3 is 1. The predicted molar refractivity (Wildman–Crippen MR) is 114 cm³/mol. The molecule has 6 nitrogen and oxygen atoms in total. The molecule has 0 aromatic heterocycles. The van der Waals surface area contributed by atoms with Gasteiger partial charge in [0.15, 0.2) is 0 Å². The summed E-state index contributed by atoms with van der Waals surface area (Å²) >= 11 is 12.0. The van der Waals surface area contributed by atoms with Gasteiger partial charge in [-0.15, -0.1) is 0 Å². The molecule has 0 bridgehead atoms. The average Bonchev–Trinajstić information content (AvgIpc) is 3.24. The first-order chi connectivity index (χ1) is 13.9. The summed E-state index contributed by atoms with van der Waals surface area (Å²) in [5.41, 5.74) is 0.827. The molecule has 3 atom stereocenters. The Kier molecular flexibility index (Phi) is 7.66. The molecule has 2 amide bonds. The van der Waals surface area contributed by atoms with E-state index < -0.39 is 0 Å². The third kappa shape index (κ3) is 5.56. The highest BCUT2D eigenvalue weighted by atomic mass is 35.5. The number of nitrogens with zero attached hydrogens (tertiary/aromatic N) is 2. The number of ether oxygens (including phenoxy) is 1. The van der Waals surface area contributed by atoms with Crippen molar-refractivity contribution in [3.8, 4) is 0 Å². The number of hydrogen-bond acceptors (Lipinski definition) is 4. The molecular formula is C21H29Cl2N3O3. The summed E-state index contributed by atoms with van der Waals surface area (Å²) in [7, 11) is 1.41. The molecule has 1 aromatic rings. The van der Waals surface area contributed by atoms with Crippen LogP contribution in [-0.4, -0.2) is 67.2 Å². The Bertz CT molecular complexity index is 740. The van der Waals surface area contributed by atoms with Crippen LogP contribution in [0.5, 0.6) is 0 Å². The summed E-state index contributed by atoms with van der Waals surface area (Å²) in [5.74, 6) is 0.109. The third-order valence-electron chi connectivity index (χ3n) is 6.12. The summed E-state index contributed by atoms with van der Waals surface area (Å²) in [6.07, 6.45) is 3.06. The first kappa shape index (κ1) is 22.2. The lowest BCUT2D eigenvalue weighted by atomic mass is 9.85. The summed E-state index contributed by atoms with van der Waals surface area (Å²) < 4.78 is 4.92. The lowest BCUT2D eigenvalue weighted by Crippen LogP contribution is -2.58. The van der Waals surface area contributed by atoms with Crippen LogP contribution < -0.4 is 5.32 Å². The van der Waals surface area contributed by atoms with Crippen molar-refractivity contribution in [1.29, 1.82) is 0 Å². The average molecular weight is 442 g/mol. The van der Waals surface area contributed by atoms with Crippen molar-refractivity contribution in [2.24, 2.45) is 5.92 Å². The SMILES string of the molecule is COC(=O)N1CCC(NC(=O)Cc2ccc(Cl)c(Cl)c2)C([C@@H](C)N2CCCC2)C1. The number of benzene rings is 1. The van der Waals surface area contributed by atoms with E-state index in [9.17, 15) is 9.59 Å². The number of amides is 2. The van der Waals surface area contributed by atoms with Crippen LogP contribution in [0.2, 0.25) is 10.0 Å². The first-order valence-electron chi connectivity index (χ1n) is 10.2. The molecule has 2 aliphatic rings. The Labute approximate surface area is 182 Å². The Morgan fingerprint density at radius 1 is 1.21 bits per heavy atom. The lowest BCUT2D eigenvalue weighted by molar-refractivity contribution is -0.122. The maximum atomic E-state index is 12.7. The highest BCUT2D eigenvalue weighted by Crippen LogP contribution is 2.27. The minimum atomic E-state index is -0.302. The van der Waals surface area contributed by atoms with Gasteiger partial charge in [0.25, 0.3) is 0 Å². The van der Waals surface area contributed by atoms with Crippen molar-refractivity contribution in [2.45, 2.75) is 44.7 Å². The Hall–Kier alpha value is -1.50. The number of likely N-dealkylation sites (tertiary alicyclic amines) is 2. The van der Waals surface area contributed by atoms with Gasteiger partial charge in [-0.3, -0.25) is 4.79 Å². The second-order valence-corrected chi connectivity index (χ2v) is 8.77. The van der Waals surface area contributed by atoms with E-state index in [1.165, 1.54) is 20.0 Å². The monoisotopic (exact) mass is 441 g/mol. The van der Waals surface area contributed by atoms with E-state index >= 15 is 0 Å². The van der Waals surface area contributed by atoms with Gasteiger partial charge in [-0.05, 0) is 57.0 Å². The molecule has 160 valence electrons. The quantitative estimate of drug-likeness (QED) is 0.757. The molecule has 29 heavy (non-hydrogen) atoms. The molecule has 0 spiro atoms. The first-order valence-corrected chi connectivity index (χ1v) is 10.9. The van der Waals surface area contributed by atoms with Crippen LogP contribution in [0.3, 0.4) is 0 Å². The fourth-order valence-corrected chi connectivity index (χ4v) is 4.78. The predicted octanol–water partition coefficient (Wildman–Crippen LogP) is 3.59. The number of hydrogen-bond donors (Lipinski definition) is 1. The Morgan fingerprint density at radius 3 is 2.59 bits per heavy atom. The topological polar surface area (TPSA) is 61.9 Å². The molecule has 1 N–H and O–H groups in total. The van der Waals surface area contributed by atoms with Crippen LogP contribution in [0.15, 0.2) is 18.2 Å². The van der Waals surface area contributed by atoms with E-state index in [0.717, 1.165) is 18.7 Å². The van der Waals surface area contributed by atoms with Gasteiger partial charge in [0, 0.05) is 31.1 Å². The maximum absolute atomic E-state index is 12.7. The fourth-order valence-electron chi connectivity index (χ4n) is 4.46. The van der Waals surface area contributed by atoms with Crippen LogP contribution in [-0.2, 0) is 16.0 Å². The summed E-state index contributed by atoms with van der Waals surface area (Å²) in [4.78, 5) is 29.0. The standard InChI is InChI=1S/C21H29Cl2N3O3/c1-14(25-8-3-4-9-25)16-13-26(21(28)29-2)10-7-19(16)24-20(27)12-15-5-6-17(22)18(23)11-15/h5-6,11,14,16,19H,3-4,7-10,12-13H2,1-2H3,(H,24,27)/t14-,16?,19?/m1/s1. The zero-order valence-electron chi connectivity index (χ0n) is 17.0. The van der Waals surface area contributed by atoms with Gasteiger partial charge >= 0.3 is 6.09 Å². The van der Waals surface area contributed by atoms with E-state index in [1.807, 2.05) is 6.07 Å². The molecular weight excluding hydrogens is 413 g/mol. The number of carbonyl (C=O) groups excluding carboxylic acids is 2. The van der Waals surface area contributed by atoms with E-state index in [2.05, 4.69) is 17.1 Å². The molecule has 0 saturated carbocycles. The number of carbonyl (C=O) groups is 2. The van der Waals surface area contributed by atoms with Crippen molar-refractivity contribution in [1.82, 2.24) is 15.1 Å². The molecule has 8 heteroatoms. The zero-order chi connectivity index (χ0) is 21.0. The molecule has 2 heterocycles. The lowest BCUT2D eigenvalue weighted by Gasteiger charge is -2.43. The Morgan fingerprint density at radius 2 is 1.93 bits per heavy atom. The van der Waals surface area contributed by atoms with Crippen LogP contribution in [0.4, 0.5) is 4.79 Å². The second kappa shape index (κ2) is 10.0. The van der Waals surface area contributed by atoms with E-state index in [4.69, 9.17) is 27.9 Å². The fraction of sp³-hybridized carbons (Fsp3) is 0.619.